The summed E-state index contributed by atoms with van der Waals surface area (Å²) in [7, 11) is 0. The molecule has 2 unspecified atom stereocenters. The van der Waals surface area contributed by atoms with Crippen LogP contribution in [0.15, 0.2) is 88.9 Å². The Morgan fingerprint density at radius 1 is 1.06 bits per heavy atom. The van der Waals surface area contributed by atoms with Gasteiger partial charge in [-0.25, -0.2) is 8.78 Å². The number of benzene rings is 2. The minimum atomic E-state index is -0.978. The van der Waals surface area contributed by atoms with Gasteiger partial charge in [0.05, 0.1) is 13.0 Å². The van der Waals surface area contributed by atoms with Crippen molar-refractivity contribution in [2.75, 3.05) is 5.32 Å². The molecule has 2 N–H and O–H groups in total. The third kappa shape index (κ3) is 4.82. The molecule has 2 aliphatic rings. The lowest BCUT2D eigenvalue weighted by Crippen LogP contribution is -2.26. The van der Waals surface area contributed by atoms with E-state index in [1.807, 2.05) is 36.5 Å². The fourth-order valence-electron chi connectivity index (χ4n) is 4.31. The lowest BCUT2D eigenvalue weighted by Gasteiger charge is -2.18. The number of dihydropyridines is 1. The fourth-order valence-corrected chi connectivity index (χ4v) is 4.31. The van der Waals surface area contributed by atoms with Crippen molar-refractivity contribution in [3.05, 3.63) is 118 Å². The average Bonchev–Trinajstić information content (AvgIpc) is 3.28. The van der Waals surface area contributed by atoms with Gasteiger partial charge in [0.1, 0.15) is 11.9 Å². The van der Waals surface area contributed by atoms with Crippen LogP contribution in [-0.2, 0) is 17.8 Å². The van der Waals surface area contributed by atoms with Crippen LogP contribution >= 0.6 is 0 Å². The number of nitrogens with one attached hydrogen (secondary N) is 2. The maximum absolute atomic E-state index is 13.5. The number of anilines is 1. The van der Waals surface area contributed by atoms with E-state index < -0.39 is 17.2 Å². The van der Waals surface area contributed by atoms with Gasteiger partial charge >= 0.3 is 0 Å². The average molecular weight is 472 g/mol. The molecule has 1 amide bonds. The summed E-state index contributed by atoms with van der Waals surface area (Å²) in [4.78, 5) is 30.0. The van der Waals surface area contributed by atoms with Crippen molar-refractivity contribution in [3.63, 3.8) is 0 Å². The number of nitrogens with zero attached hydrogens (tertiary/aromatic N) is 2. The van der Waals surface area contributed by atoms with E-state index in [2.05, 4.69) is 21.7 Å². The summed E-state index contributed by atoms with van der Waals surface area (Å²) in [5.74, 6) is -2.12. The van der Waals surface area contributed by atoms with Gasteiger partial charge < -0.3 is 15.2 Å². The minimum absolute atomic E-state index is 0.00592. The van der Waals surface area contributed by atoms with E-state index in [4.69, 9.17) is 0 Å². The predicted molar refractivity (Wildman–Crippen MR) is 131 cm³/mol. The number of aromatic nitrogens is 1. The summed E-state index contributed by atoms with van der Waals surface area (Å²) in [5, 5.41) is 5.94. The van der Waals surface area contributed by atoms with Crippen molar-refractivity contribution in [2.24, 2.45) is 10.9 Å². The molecule has 0 aliphatic carbocycles. The van der Waals surface area contributed by atoms with E-state index in [9.17, 15) is 18.4 Å². The molecule has 176 valence electrons. The van der Waals surface area contributed by atoms with Crippen molar-refractivity contribution < 1.29 is 13.6 Å². The second kappa shape index (κ2) is 9.50. The first-order valence-corrected chi connectivity index (χ1v) is 11.2. The molecule has 0 radical (unpaired) electrons. The maximum atomic E-state index is 13.5. The third-order valence-corrected chi connectivity index (χ3v) is 6.02. The SMILES string of the molecule is O=C(Cc1cccc(C2=CNC3N=CC=CC23)c1)Nc1cccn(Cc2ccc(F)c(F)c2)c1=O. The van der Waals surface area contributed by atoms with E-state index >= 15 is 0 Å². The maximum Gasteiger partial charge on any atom is 0.274 e. The van der Waals surface area contributed by atoms with Crippen LogP contribution in [0.1, 0.15) is 16.7 Å². The van der Waals surface area contributed by atoms with Gasteiger partial charge in [0.2, 0.25) is 5.91 Å². The van der Waals surface area contributed by atoms with Gasteiger partial charge in [-0.15, -0.1) is 0 Å². The molecule has 2 aromatic carbocycles. The quantitative estimate of drug-likeness (QED) is 0.572. The molecule has 8 heteroatoms. The van der Waals surface area contributed by atoms with E-state index in [1.54, 1.807) is 12.3 Å². The van der Waals surface area contributed by atoms with Crippen LogP contribution in [0.25, 0.3) is 5.57 Å². The molecular formula is C27H22F2N4O2. The summed E-state index contributed by atoms with van der Waals surface area (Å²) >= 11 is 0. The van der Waals surface area contributed by atoms with Crippen LogP contribution in [0, 0.1) is 17.6 Å². The lowest BCUT2D eigenvalue weighted by molar-refractivity contribution is -0.115. The Hall–Kier alpha value is -4.33. The zero-order valence-corrected chi connectivity index (χ0v) is 18.6. The normalized spacial score (nSPS) is 18.1. The van der Waals surface area contributed by atoms with E-state index in [0.29, 0.717) is 5.56 Å². The highest BCUT2D eigenvalue weighted by atomic mass is 19.2. The smallest absolute Gasteiger partial charge is 0.274 e. The highest BCUT2D eigenvalue weighted by Gasteiger charge is 2.28. The van der Waals surface area contributed by atoms with Crippen LogP contribution in [0.4, 0.5) is 14.5 Å². The number of allylic oxidation sites excluding steroid dienone is 1. The molecule has 6 nitrogen and oxygen atoms in total. The number of hydrogen-bond donors (Lipinski definition) is 2. The zero-order chi connectivity index (χ0) is 24.4. The van der Waals surface area contributed by atoms with Gasteiger partial charge in [-0.3, -0.25) is 14.6 Å². The Bertz CT molecular complexity index is 1440. The molecule has 5 rings (SSSR count). The number of fused-ring (bicyclic) bond motifs is 1. The molecule has 2 aliphatic heterocycles. The Balaban J connectivity index is 1.28. The monoisotopic (exact) mass is 472 g/mol. The van der Waals surface area contributed by atoms with Gasteiger partial charge in [0, 0.05) is 24.5 Å². The number of amides is 1. The molecule has 1 aromatic heterocycles. The zero-order valence-electron chi connectivity index (χ0n) is 18.6. The van der Waals surface area contributed by atoms with Crippen LogP contribution in [0.2, 0.25) is 0 Å². The second-order valence-corrected chi connectivity index (χ2v) is 8.45. The Morgan fingerprint density at radius 2 is 1.94 bits per heavy atom. The molecule has 0 spiro atoms. The molecule has 0 saturated heterocycles. The van der Waals surface area contributed by atoms with Gasteiger partial charge in [-0.05, 0) is 52.6 Å². The fraction of sp³-hybridized carbons (Fsp3) is 0.148. The van der Waals surface area contributed by atoms with Gasteiger partial charge in [0.15, 0.2) is 11.6 Å². The van der Waals surface area contributed by atoms with Crippen molar-refractivity contribution in [1.29, 1.82) is 0 Å². The number of pyridine rings is 1. The summed E-state index contributed by atoms with van der Waals surface area (Å²) in [6.45, 7) is 0.0472. The highest BCUT2D eigenvalue weighted by molar-refractivity contribution is 5.92. The molecule has 0 bridgehead atoms. The van der Waals surface area contributed by atoms with E-state index in [-0.39, 0.29) is 36.6 Å². The highest BCUT2D eigenvalue weighted by Crippen LogP contribution is 2.33. The van der Waals surface area contributed by atoms with Crippen molar-refractivity contribution >= 4 is 23.4 Å². The number of carbonyl (C=O) groups excluding carboxylic acids is 1. The Morgan fingerprint density at radius 3 is 2.80 bits per heavy atom. The first-order chi connectivity index (χ1) is 17.0. The van der Waals surface area contributed by atoms with Crippen LogP contribution in [0.5, 0.6) is 0 Å². The minimum Gasteiger partial charge on any atom is -0.369 e. The molecule has 2 atom stereocenters. The second-order valence-electron chi connectivity index (χ2n) is 8.45. The van der Waals surface area contributed by atoms with Gasteiger partial charge in [-0.2, -0.15) is 0 Å². The topological polar surface area (TPSA) is 75.5 Å². The molecule has 3 aromatic rings. The molecule has 35 heavy (non-hydrogen) atoms. The first-order valence-electron chi connectivity index (χ1n) is 11.2. The van der Waals surface area contributed by atoms with E-state index in [1.165, 1.54) is 22.9 Å². The first kappa shape index (κ1) is 22.5. The van der Waals surface area contributed by atoms with Crippen molar-refractivity contribution in [1.82, 2.24) is 9.88 Å². The summed E-state index contributed by atoms with van der Waals surface area (Å²) in [5.41, 5.74) is 3.04. The Kier molecular flexibility index (Phi) is 6.10. The molecule has 0 fully saturated rings. The summed E-state index contributed by atoms with van der Waals surface area (Å²) in [6.07, 6.45) is 9.38. The summed E-state index contributed by atoms with van der Waals surface area (Å²) in [6, 6.07) is 14.3. The largest absolute Gasteiger partial charge is 0.369 e. The molecular weight excluding hydrogens is 450 g/mol. The number of hydrogen-bond acceptors (Lipinski definition) is 4. The van der Waals surface area contributed by atoms with Crippen molar-refractivity contribution in [2.45, 2.75) is 19.1 Å². The number of halogens is 2. The number of carbonyl (C=O) groups is 1. The van der Waals surface area contributed by atoms with E-state index in [0.717, 1.165) is 28.8 Å². The van der Waals surface area contributed by atoms with Crippen LogP contribution in [-0.4, -0.2) is 22.9 Å². The predicted octanol–water partition coefficient (Wildman–Crippen LogP) is 3.88. The van der Waals surface area contributed by atoms with Gasteiger partial charge in [0.25, 0.3) is 5.56 Å². The van der Waals surface area contributed by atoms with Crippen LogP contribution in [0.3, 0.4) is 0 Å². The van der Waals surface area contributed by atoms with Crippen molar-refractivity contribution in [3.8, 4) is 0 Å². The third-order valence-electron chi connectivity index (χ3n) is 6.02. The standard InChI is InChI=1S/C27H22F2N4O2/c28-22-9-8-18(13-23(22)29)16-33-11-3-7-24(27(33)35)32-25(34)14-17-4-1-5-19(12-17)21-15-31-26-20(21)6-2-10-30-26/h1-13,15,20,26,31H,14,16H2,(H,32,34). The lowest BCUT2D eigenvalue weighted by atomic mass is 9.91. The van der Waals surface area contributed by atoms with Gasteiger partial charge in [-0.1, -0.05) is 36.4 Å². The number of rotatable bonds is 6. The molecule has 0 saturated carbocycles. The molecule has 3 heterocycles. The summed E-state index contributed by atoms with van der Waals surface area (Å²) < 4.78 is 28.0. The number of aliphatic imine (C=N–C) groups is 1. The van der Waals surface area contributed by atoms with Crippen LogP contribution < -0.4 is 16.2 Å². The Labute approximate surface area is 200 Å².